The van der Waals surface area contributed by atoms with Gasteiger partial charge in [-0.15, -0.1) is 0 Å². The van der Waals surface area contributed by atoms with Crippen molar-refractivity contribution in [1.82, 2.24) is 8.80 Å². The van der Waals surface area contributed by atoms with Crippen molar-refractivity contribution in [2.45, 2.75) is 20.8 Å². The zero-order valence-electron chi connectivity index (χ0n) is 12.1. The Hall–Kier alpha value is -2.62. The Morgan fingerprint density at radius 3 is 2.19 bits per heavy atom. The van der Waals surface area contributed by atoms with E-state index in [1.54, 1.807) is 15.0 Å². The van der Waals surface area contributed by atoms with Crippen LogP contribution in [0.1, 0.15) is 16.7 Å². The summed E-state index contributed by atoms with van der Waals surface area (Å²) in [5.41, 5.74) is 4.11. The first-order chi connectivity index (χ1) is 10.0. The zero-order valence-corrected chi connectivity index (χ0v) is 12.1. The predicted molar refractivity (Wildman–Crippen MR) is 83.8 cm³/mol. The van der Waals surface area contributed by atoms with E-state index in [-0.39, 0.29) is 11.1 Å². The standard InChI is InChI=1S/C17H14N2O2/c1-9-7-13-11(3)15-14(17(21)19(13)8-9)10(2)12-5-4-6-18(12)16(15)20/h4-8H,1-3H3. The lowest BCUT2D eigenvalue weighted by atomic mass is 10.0. The maximum Gasteiger partial charge on any atom is 0.263 e. The highest BCUT2D eigenvalue weighted by Crippen LogP contribution is 2.23. The Labute approximate surface area is 120 Å². The summed E-state index contributed by atoms with van der Waals surface area (Å²) in [6.07, 6.45) is 3.58. The van der Waals surface area contributed by atoms with E-state index in [9.17, 15) is 9.59 Å². The van der Waals surface area contributed by atoms with Crippen LogP contribution >= 0.6 is 0 Å². The molecule has 0 unspecified atom stereocenters. The van der Waals surface area contributed by atoms with Gasteiger partial charge in [-0.25, -0.2) is 0 Å². The van der Waals surface area contributed by atoms with Crippen molar-refractivity contribution in [2.75, 3.05) is 0 Å². The van der Waals surface area contributed by atoms with Crippen LogP contribution in [0.4, 0.5) is 0 Å². The highest BCUT2D eigenvalue weighted by molar-refractivity contribution is 5.95. The summed E-state index contributed by atoms with van der Waals surface area (Å²) in [6, 6.07) is 5.65. The molecule has 0 aliphatic rings. The molecule has 0 aliphatic carbocycles. The van der Waals surface area contributed by atoms with Crippen LogP contribution in [-0.2, 0) is 0 Å². The van der Waals surface area contributed by atoms with E-state index in [0.29, 0.717) is 10.8 Å². The van der Waals surface area contributed by atoms with Crippen LogP contribution in [0, 0.1) is 20.8 Å². The SMILES string of the molecule is Cc1cc2c(C)c3c(=O)n4cccc4c(C)c3c(=O)n2c1. The molecule has 4 aromatic rings. The molecule has 21 heavy (non-hydrogen) atoms. The average molecular weight is 278 g/mol. The van der Waals surface area contributed by atoms with Crippen molar-refractivity contribution in [2.24, 2.45) is 0 Å². The average Bonchev–Trinajstić information content (AvgIpc) is 3.06. The van der Waals surface area contributed by atoms with Crippen LogP contribution < -0.4 is 11.1 Å². The second-order valence-corrected chi connectivity index (χ2v) is 5.65. The molecule has 0 saturated heterocycles. The monoisotopic (exact) mass is 278 g/mol. The molecule has 0 aliphatic heterocycles. The third kappa shape index (κ3) is 1.34. The molecule has 0 fully saturated rings. The van der Waals surface area contributed by atoms with Gasteiger partial charge in [-0.3, -0.25) is 18.4 Å². The molecule has 0 spiro atoms. The minimum Gasteiger partial charge on any atom is -0.283 e. The summed E-state index contributed by atoms with van der Waals surface area (Å²) in [4.78, 5) is 25.5. The van der Waals surface area contributed by atoms with Gasteiger partial charge < -0.3 is 0 Å². The van der Waals surface area contributed by atoms with Crippen molar-refractivity contribution >= 4 is 21.8 Å². The summed E-state index contributed by atoms with van der Waals surface area (Å²) in [6.45, 7) is 5.76. The van der Waals surface area contributed by atoms with Gasteiger partial charge >= 0.3 is 0 Å². The first-order valence-electron chi connectivity index (χ1n) is 6.89. The molecule has 0 aromatic carbocycles. The number of aryl methyl sites for hydroxylation is 3. The van der Waals surface area contributed by atoms with E-state index in [2.05, 4.69) is 0 Å². The second kappa shape index (κ2) is 3.73. The Morgan fingerprint density at radius 2 is 1.48 bits per heavy atom. The van der Waals surface area contributed by atoms with E-state index in [1.807, 2.05) is 45.2 Å². The Kier molecular flexibility index (Phi) is 2.15. The lowest BCUT2D eigenvalue weighted by Gasteiger charge is -2.09. The molecular formula is C17H14N2O2. The van der Waals surface area contributed by atoms with Crippen molar-refractivity contribution in [1.29, 1.82) is 0 Å². The van der Waals surface area contributed by atoms with E-state index in [1.165, 1.54) is 0 Å². The van der Waals surface area contributed by atoms with Gasteiger partial charge in [0.25, 0.3) is 11.1 Å². The molecular weight excluding hydrogens is 264 g/mol. The first kappa shape index (κ1) is 12.1. The number of nitrogens with zero attached hydrogens (tertiary/aromatic N) is 2. The van der Waals surface area contributed by atoms with Gasteiger partial charge in [-0.2, -0.15) is 0 Å². The molecule has 0 atom stereocenters. The van der Waals surface area contributed by atoms with Gasteiger partial charge in [0, 0.05) is 12.4 Å². The largest absolute Gasteiger partial charge is 0.283 e. The Bertz CT molecular complexity index is 1150. The lowest BCUT2D eigenvalue weighted by molar-refractivity contribution is 1.09. The number of pyridine rings is 2. The maximum absolute atomic E-state index is 12.8. The lowest BCUT2D eigenvalue weighted by Crippen LogP contribution is -2.22. The van der Waals surface area contributed by atoms with Gasteiger partial charge in [-0.05, 0) is 55.7 Å². The molecule has 0 bridgehead atoms. The summed E-state index contributed by atoms with van der Waals surface area (Å²) < 4.78 is 3.27. The van der Waals surface area contributed by atoms with E-state index in [4.69, 9.17) is 0 Å². The molecule has 0 N–H and O–H groups in total. The van der Waals surface area contributed by atoms with Gasteiger partial charge in [0.1, 0.15) is 0 Å². The Morgan fingerprint density at radius 1 is 0.857 bits per heavy atom. The molecule has 104 valence electrons. The minimum absolute atomic E-state index is 0.114. The molecule has 0 amide bonds. The third-order valence-electron chi connectivity index (χ3n) is 4.34. The second-order valence-electron chi connectivity index (χ2n) is 5.65. The van der Waals surface area contributed by atoms with E-state index in [0.717, 1.165) is 27.7 Å². The normalized spacial score (nSPS) is 12.0. The van der Waals surface area contributed by atoms with Crippen LogP contribution in [0.25, 0.3) is 21.8 Å². The minimum atomic E-state index is -0.119. The van der Waals surface area contributed by atoms with Gasteiger partial charge in [0.15, 0.2) is 0 Å². The summed E-state index contributed by atoms with van der Waals surface area (Å²) in [7, 11) is 0. The molecule has 0 radical (unpaired) electrons. The van der Waals surface area contributed by atoms with Gasteiger partial charge in [-0.1, -0.05) is 0 Å². The van der Waals surface area contributed by atoms with Crippen molar-refractivity contribution in [3.05, 3.63) is 68.0 Å². The smallest absolute Gasteiger partial charge is 0.263 e. The van der Waals surface area contributed by atoms with Crippen LogP contribution in [0.3, 0.4) is 0 Å². The fourth-order valence-corrected chi connectivity index (χ4v) is 3.32. The zero-order chi connectivity index (χ0) is 14.9. The topological polar surface area (TPSA) is 43.0 Å². The van der Waals surface area contributed by atoms with Crippen LogP contribution in [-0.4, -0.2) is 8.80 Å². The molecule has 4 nitrogen and oxygen atoms in total. The number of hydrogen-bond acceptors (Lipinski definition) is 2. The van der Waals surface area contributed by atoms with Crippen molar-refractivity contribution < 1.29 is 0 Å². The highest BCUT2D eigenvalue weighted by Gasteiger charge is 2.17. The summed E-state index contributed by atoms with van der Waals surface area (Å²) >= 11 is 0. The molecule has 4 rings (SSSR count). The van der Waals surface area contributed by atoms with Crippen LogP contribution in [0.5, 0.6) is 0 Å². The fourth-order valence-electron chi connectivity index (χ4n) is 3.32. The maximum atomic E-state index is 12.8. The number of hydrogen-bond donors (Lipinski definition) is 0. The van der Waals surface area contributed by atoms with Crippen molar-refractivity contribution in [3.8, 4) is 0 Å². The van der Waals surface area contributed by atoms with E-state index < -0.39 is 0 Å². The van der Waals surface area contributed by atoms with Gasteiger partial charge in [0.05, 0.1) is 21.8 Å². The fraction of sp³-hybridized carbons (Fsp3) is 0.176. The molecule has 4 heteroatoms. The third-order valence-corrected chi connectivity index (χ3v) is 4.34. The summed E-state index contributed by atoms with van der Waals surface area (Å²) in [5, 5.41) is 1.07. The first-order valence-corrected chi connectivity index (χ1v) is 6.89. The van der Waals surface area contributed by atoms with Crippen LogP contribution in [0.15, 0.2) is 40.2 Å². The highest BCUT2D eigenvalue weighted by atomic mass is 16.1. The van der Waals surface area contributed by atoms with Gasteiger partial charge in [0.2, 0.25) is 0 Å². The Balaban J connectivity index is 2.50. The van der Waals surface area contributed by atoms with Crippen LogP contribution in [0.2, 0.25) is 0 Å². The quantitative estimate of drug-likeness (QED) is 0.496. The number of aromatic nitrogens is 2. The van der Waals surface area contributed by atoms with E-state index >= 15 is 0 Å². The molecule has 0 saturated carbocycles. The number of rotatable bonds is 0. The molecule has 4 heterocycles. The van der Waals surface area contributed by atoms with Crippen molar-refractivity contribution in [3.63, 3.8) is 0 Å². The summed E-state index contributed by atoms with van der Waals surface area (Å²) in [5.74, 6) is 0. The molecule has 4 aromatic heterocycles. The predicted octanol–water partition coefficient (Wildman–Crippen LogP) is 2.43. The number of fused-ring (bicyclic) bond motifs is 3.